The average Bonchev–Trinajstić information content (AvgIpc) is 2.66. The first-order valence-corrected chi connectivity index (χ1v) is 6.01. The van der Waals surface area contributed by atoms with Gasteiger partial charge in [-0.25, -0.2) is 4.98 Å². The fourth-order valence-electron chi connectivity index (χ4n) is 2.03. The Kier molecular flexibility index (Phi) is 3.76. The standard InChI is InChI=1S/C13H19N3O/c1-16-12-8-10(9-14)5-6-11(12)15-13(16)4-2-3-7-17/h5-6,8,17H,2-4,7,9,14H2,1H3. The van der Waals surface area contributed by atoms with E-state index in [0.717, 1.165) is 41.7 Å². The number of rotatable bonds is 5. The lowest BCUT2D eigenvalue weighted by atomic mass is 10.2. The Bertz CT molecular complexity index is 505. The topological polar surface area (TPSA) is 64.1 Å². The number of nitrogens with two attached hydrogens (primary N) is 1. The molecule has 0 aliphatic heterocycles. The van der Waals surface area contributed by atoms with E-state index in [1.165, 1.54) is 0 Å². The molecule has 0 saturated carbocycles. The first-order valence-electron chi connectivity index (χ1n) is 6.01. The van der Waals surface area contributed by atoms with Gasteiger partial charge >= 0.3 is 0 Å². The van der Waals surface area contributed by atoms with Crippen molar-refractivity contribution in [2.45, 2.75) is 25.8 Å². The van der Waals surface area contributed by atoms with Crippen LogP contribution in [0, 0.1) is 0 Å². The van der Waals surface area contributed by atoms with Crippen molar-refractivity contribution < 1.29 is 5.11 Å². The van der Waals surface area contributed by atoms with Gasteiger partial charge in [0.2, 0.25) is 0 Å². The molecule has 1 aromatic carbocycles. The van der Waals surface area contributed by atoms with Gasteiger partial charge in [-0.2, -0.15) is 0 Å². The fraction of sp³-hybridized carbons (Fsp3) is 0.462. The number of aliphatic hydroxyl groups excluding tert-OH is 1. The Labute approximate surface area is 101 Å². The summed E-state index contributed by atoms with van der Waals surface area (Å²) in [6, 6.07) is 6.14. The van der Waals surface area contributed by atoms with Crippen LogP contribution in [0.2, 0.25) is 0 Å². The maximum atomic E-state index is 8.78. The Morgan fingerprint density at radius 2 is 2.18 bits per heavy atom. The highest BCUT2D eigenvalue weighted by Gasteiger charge is 2.07. The molecular formula is C13H19N3O. The monoisotopic (exact) mass is 233 g/mol. The van der Waals surface area contributed by atoms with Gasteiger partial charge in [0, 0.05) is 26.6 Å². The third-order valence-corrected chi connectivity index (χ3v) is 3.08. The van der Waals surface area contributed by atoms with Crippen LogP contribution in [0.25, 0.3) is 11.0 Å². The van der Waals surface area contributed by atoms with E-state index < -0.39 is 0 Å². The smallest absolute Gasteiger partial charge is 0.109 e. The minimum absolute atomic E-state index is 0.251. The summed E-state index contributed by atoms with van der Waals surface area (Å²) in [5.41, 5.74) is 8.91. The first-order chi connectivity index (χ1) is 8.26. The van der Waals surface area contributed by atoms with Crippen LogP contribution in [0.5, 0.6) is 0 Å². The number of aliphatic hydroxyl groups is 1. The van der Waals surface area contributed by atoms with E-state index in [2.05, 4.69) is 15.6 Å². The molecule has 0 spiro atoms. The van der Waals surface area contributed by atoms with Crippen LogP contribution in [0.4, 0.5) is 0 Å². The predicted octanol–water partition coefficient (Wildman–Crippen LogP) is 1.35. The van der Waals surface area contributed by atoms with Crippen molar-refractivity contribution in [3.8, 4) is 0 Å². The van der Waals surface area contributed by atoms with E-state index in [-0.39, 0.29) is 6.61 Å². The van der Waals surface area contributed by atoms with Crippen molar-refractivity contribution in [2.75, 3.05) is 6.61 Å². The largest absolute Gasteiger partial charge is 0.396 e. The van der Waals surface area contributed by atoms with Gasteiger partial charge < -0.3 is 15.4 Å². The van der Waals surface area contributed by atoms with Crippen LogP contribution in [-0.2, 0) is 20.0 Å². The van der Waals surface area contributed by atoms with Crippen LogP contribution in [0.1, 0.15) is 24.2 Å². The summed E-state index contributed by atoms with van der Waals surface area (Å²) >= 11 is 0. The van der Waals surface area contributed by atoms with Crippen molar-refractivity contribution in [1.29, 1.82) is 0 Å². The zero-order valence-corrected chi connectivity index (χ0v) is 10.2. The molecule has 1 heterocycles. The molecule has 4 heteroatoms. The molecule has 0 saturated heterocycles. The highest BCUT2D eigenvalue weighted by Crippen LogP contribution is 2.17. The molecule has 92 valence electrons. The van der Waals surface area contributed by atoms with Crippen LogP contribution >= 0.6 is 0 Å². The second-order valence-corrected chi connectivity index (χ2v) is 4.29. The van der Waals surface area contributed by atoms with E-state index in [9.17, 15) is 0 Å². The van der Waals surface area contributed by atoms with Crippen molar-refractivity contribution in [3.05, 3.63) is 29.6 Å². The van der Waals surface area contributed by atoms with Gasteiger partial charge in [0.05, 0.1) is 11.0 Å². The van der Waals surface area contributed by atoms with Gasteiger partial charge in [0.1, 0.15) is 5.82 Å². The zero-order chi connectivity index (χ0) is 12.3. The summed E-state index contributed by atoms with van der Waals surface area (Å²) in [4.78, 5) is 4.60. The summed E-state index contributed by atoms with van der Waals surface area (Å²) < 4.78 is 2.12. The number of imidazole rings is 1. The molecule has 0 bridgehead atoms. The van der Waals surface area contributed by atoms with Gasteiger partial charge in [0.25, 0.3) is 0 Å². The van der Waals surface area contributed by atoms with Crippen molar-refractivity contribution >= 4 is 11.0 Å². The average molecular weight is 233 g/mol. The minimum atomic E-state index is 0.251. The summed E-state index contributed by atoms with van der Waals surface area (Å²) in [5.74, 6) is 1.07. The molecule has 0 unspecified atom stereocenters. The number of aryl methyl sites for hydroxylation is 2. The van der Waals surface area contributed by atoms with Crippen LogP contribution in [0.3, 0.4) is 0 Å². The Morgan fingerprint density at radius 3 is 2.88 bits per heavy atom. The zero-order valence-electron chi connectivity index (χ0n) is 10.2. The molecule has 1 aromatic heterocycles. The lowest BCUT2D eigenvalue weighted by Gasteiger charge is -2.02. The number of aromatic nitrogens is 2. The molecule has 4 nitrogen and oxygen atoms in total. The van der Waals surface area contributed by atoms with E-state index in [1.54, 1.807) is 0 Å². The van der Waals surface area contributed by atoms with Gasteiger partial charge in [-0.1, -0.05) is 6.07 Å². The molecule has 2 aromatic rings. The van der Waals surface area contributed by atoms with Gasteiger partial charge in [-0.05, 0) is 30.5 Å². The van der Waals surface area contributed by atoms with E-state index >= 15 is 0 Å². The molecule has 0 aliphatic carbocycles. The van der Waals surface area contributed by atoms with E-state index in [1.807, 2.05) is 19.2 Å². The minimum Gasteiger partial charge on any atom is -0.396 e. The third-order valence-electron chi connectivity index (χ3n) is 3.08. The number of hydrogen-bond acceptors (Lipinski definition) is 3. The SMILES string of the molecule is Cn1c(CCCCO)nc2ccc(CN)cc21. The molecule has 0 amide bonds. The maximum Gasteiger partial charge on any atom is 0.109 e. The third kappa shape index (κ3) is 2.48. The highest BCUT2D eigenvalue weighted by molar-refractivity contribution is 5.76. The Hall–Kier alpha value is -1.39. The molecule has 0 fully saturated rings. The number of fused-ring (bicyclic) bond motifs is 1. The molecule has 0 radical (unpaired) electrons. The van der Waals surface area contributed by atoms with Crippen LogP contribution < -0.4 is 5.73 Å². The van der Waals surface area contributed by atoms with E-state index in [0.29, 0.717) is 6.54 Å². The Balaban J connectivity index is 2.29. The van der Waals surface area contributed by atoms with Gasteiger partial charge in [0.15, 0.2) is 0 Å². The van der Waals surface area contributed by atoms with Crippen molar-refractivity contribution in [3.63, 3.8) is 0 Å². The number of unbranched alkanes of at least 4 members (excludes halogenated alkanes) is 1. The number of nitrogens with zero attached hydrogens (tertiary/aromatic N) is 2. The molecule has 17 heavy (non-hydrogen) atoms. The van der Waals surface area contributed by atoms with Gasteiger partial charge in [-0.15, -0.1) is 0 Å². The molecule has 0 atom stereocenters. The number of hydrogen-bond donors (Lipinski definition) is 2. The van der Waals surface area contributed by atoms with Crippen LogP contribution in [-0.4, -0.2) is 21.3 Å². The Morgan fingerprint density at radius 1 is 1.35 bits per heavy atom. The highest BCUT2D eigenvalue weighted by atomic mass is 16.2. The second-order valence-electron chi connectivity index (χ2n) is 4.29. The van der Waals surface area contributed by atoms with Crippen molar-refractivity contribution in [1.82, 2.24) is 9.55 Å². The summed E-state index contributed by atoms with van der Waals surface area (Å²) in [5, 5.41) is 8.78. The van der Waals surface area contributed by atoms with Crippen molar-refractivity contribution in [2.24, 2.45) is 12.8 Å². The maximum absolute atomic E-state index is 8.78. The molecular weight excluding hydrogens is 214 g/mol. The summed E-state index contributed by atoms with van der Waals surface area (Å²) in [6.45, 7) is 0.808. The lowest BCUT2D eigenvalue weighted by Crippen LogP contribution is -1.99. The van der Waals surface area contributed by atoms with E-state index in [4.69, 9.17) is 10.8 Å². The second kappa shape index (κ2) is 5.29. The first kappa shape index (κ1) is 12.1. The summed E-state index contributed by atoms with van der Waals surface area (Å²) in [6.07, 6.45) is 2.71. The molecule has 2 rings (SSSR count). The summed E-state index contributed by atoms with van der Waals surface area (Å²) in [7, 11) is 2.03. The fourth-order valence-corrected chi connectivity index (χ4v) is 2.03. The number of benzene rings is 1. The molecule has 0 aliphatic rings. The lowest BCUT2D eigenvalue weighted by molar-refractivity contribution is 0.284. The van der Waals surface area contributed by atoms with Crippen LogP contribution in [0.15, 0.2) is 18.2 Å². The van der Waals surface area contributed by atoms with Gasteiger partial charge in [-0.3, -0.25) is 0 Å². The molecule has 3 N–H and O–H groups in total. The quantitative estimate of drug-likeness (QED) is 0.766. The normalized spacial score (nSPS) is 11.2. The predicted molar refractivity (Wildman–Crippen MR) is 68.6 cm³/mol.